The summed E-state index contributed by atoms with van der Waals surface area (Å²) in [7, 11) is 0. The highest BCUT2D eigenvalue weighted by Gasteiger charge is 2.34. The summed E-state index contributed by atoms with van der Waals surface area (Å²) in [5, 5.41) is 6.15. The van der Waals surface area contributed by atoms with Crippen molar-refractivity contribution >= 4 is 11.6 Å². The van der Waals surface area contributed by atoms with Crippen molar-refractivity contribution in [1.29, 1.82) is 0 Å². The topological polar surface area (TPSA) is 44.4 Å². The molecule has 0 spiro atoms. The van der Waals surface area contributed by atoms with Crippen LogP contribution in [0.1, 0.15) is 12.8 Å². The maximum Gasteiger partial charge on any atom is 0.238 e. The zero-order valence-corrected chi connectivity index (χ0v) is 11.4. The van der Waals surface area contributed by atoms with E-state index in [4.69, 9.17) is 0 Å². The number of hydrogen-bond donors (Lipinski definition) is 2. The number of anilines is 1. The second-order valence-corrected chi connectivity index (χ2v) is 5.69. The standard InChI is InChI=1S/C15H20FN3O/c16-12-5-1-2-6-13(12)18-15(20)10-19-8-11-4-3-7-17-14(11)9-19/h1-2,5-6,11,14,17H,3-4,7-10H2,(H,18,20)/t11-,14+/m0/s1. The van der Waals surface area contributed by atoms with Crippen molar-refractivity contribution in [3.8, 4) is 0 Å². The summed E-state index contributed by atoms with van der Waals surface area (Å²) in [4.78, 5) is 14.1. The minimum absolute atomic E-state index is 0.145. The molecule has 0 bridgehead atoms. The number of hydrogen-bond acceptors (Lipinski definition) is 3. The fourth-order valence-electron chi connectivity index (χ4n) is 3.22. The molecule has 0 radical (unpaired) electrons. The third-order valence-corrected chi connectivity index (χ3v) is 4.19. The van der Waals surface area contributed by atoms with E-state index in [1.165, 1.54) is 18.9 Å². The van der Waals surface area contributed by atoms with E-state index in [9.17, 15) is 9.18 Å². The van der Waals surface area contributed by atoms with Crippen LogP contribution in [0.2, 0.25) is 0 Å². The minimum Gasteiger partial charge on any atom is -0.322 e. The van der Waals surface area contributed by atoms with E-state index < -0.39 is 5.82 Å². The summed E-state index contributed by atoms with van der Waals surface area (Å²) in [6.07, 6.45) is 2.46. The molecule has 4 nitrogen and oxygen atoms in total. The number of carbonyl (C=O) groups excluding carboxylic acids is 1. The average molecular weight is 277 g/mol. The number of piperidine rings is 1. The van der Waals surface area contributed by atoms with Crippen molar-refractivity contribution < 1.29 is 9.18 Å². The van der Waals surface area contributed by atoms with Crippen LogP contribution in [0.3, 0.4) is 0 Å². The number of nitrogens with zero attached hydrogens (tertiary/aromatic N) is 1. The highest BCUT2D eigenvalue weighted by atomic mass is 19.1. The van der Waals surface area contributed by atoms with Gasteiger partial charge in [0.1, 0.15) is 5.82 Å². The lowest BCUT2D eigenvalue weighted by Crippen LogP contribution is -2.41. The Labute approximate surface area is 118 Å². The first-order valence-electron chi connectivity index (χ1n) is 7.22. The van der Waals surface area contributed by atoms with Crippen molar-refractivity contribution in [2.45, 2.75) is 18.9 Å². The van der Waals surface area contributed by atoms with Crippen LogP contribution in [0.5, 0.6) is 0 Å². The van der Waals surface area contributed by atoms with E-state index in [0.29, 0.717) is 18.5 Å². The van der Waals surface area contributed by atoms with Crippen molar-refractivity contribution in [1.82, 2.24) is 10.2 Å². The first-order chi connectivity index (χ1) is 9.72. The molecule has 0 saturated carbocycles. The van der Waals surface area contributed by atoms with Crippen LogP contribution in [-0.2, 0) is 4.79 Å². The van der Waals surface area contributed by atoms with Crippen molar-refractivity contribution in [3.63, 3.8) is 0 Å². The molecule has 0 aliphatic carbocycles. The van der Waals surface area contributed by atoms with Gasteiger partial charge in [-0.1, -0.05) is 12.1 Å². The van der Waals surface area contributed by atoms with Crippen LogP contribution in [0.15, 0.2) is 24.3 Å². The molecule has 3 rings (SSSR count). The first-order valence-corrected chi connectivity index (χ1v) is 7.22. The van der Waals surface area contributed by atoms with Crippen molar-refractivity contribution in [2.24, 2.45) is 5.92 Å². The highest BCUT2D eigenvalue weighted by molar-refractivity contribution is 5.92. The smallest absolute Gasteiger partial charge is 0.238 e. The zero-order chi connectivity index (χ0) is 13.9. The van der Waals surface area contributed by atoms with Crippen LogP contribution in [-0.4, -0.2) is 43.0 Å². The molecule has 2 saturated heterocycles. The number of carbonyl (C=O) groups is 1. The number of para-hydroxylation sites is 1. The molecule has 2 atom stereocenters. The van der Waals surface area contributed by atoms with E-state index in [-0.39, 0.29) is 11.6 Å². The Hall–Kier alpha value is -1.46. The Balaban J connectivity index is 1.53. The fourth-order valence-corrected chi connectivity index (χ4v) is 3.22. The van der Waals surface area contributed by atoms with Crippen LogP contribution in [0, 0.1) is 11.7 Å². The van der Waals surface area contributed by atoms with Gasteiger partial charge in [-0.2, -0.15) is 0 Å². The normalized spacial score (nSPS) is 26.2. The monoisotopic (exact) mass is 277 g/mol. The summed E-state index contributed by atoms with van der Waals surface area (Å²) in [6.45, 7) is 3.29. The maximum atomic E-state index is 13.5. The molecular weight excluding hydrogens is 257 g/mol. The lowest BCUT2D eigenvalue weighted by Gasteiger charge is -2.24. The number of rotatable bonds is 3. The highest BCUT2D eigenvalue weighted by Crippen LogP contribution is 2.24. The first kappa shape index (κ1) is 13.5. The van der Waals surface area contributed by atoms with E-state index in [1.807, 2.05) is 0 Å². The molecule has 2 aliphatic rings. The van der Waals surface area contributed by atoms with Gasteiger partial charge in [0.15, 0.2) is 0 Å². The fraction of sp³-hybridized carbons (Fsp3) is 0.533. The molecule has 1 amide bonds. The quantitative estimate of drug-likeness (QED) is 0.879. The molecule has 0 aromatic heterocycles. The number of benzene rings is 1. The lowest BCUT2D eigenvalue weighted by molar-refractivity contribution is -0.117. The number of likely N-dealkylation sites (tertiary alicyclic amines) is 1. The summed E-state index contributed by atoms with van der Waals surface area (Å²) in [5.74, 6) is 0.122. The molecule has 1 aromatic rings. The van der Waals surface area contributed by atoms with Crippen LogP contribution >= 0.6 is 0 Å². The van der Waals surface area contributed by atoms with Gasteiger partial charge in [-0.3, -0.25) is 9.69 Å². The van der Waals surface area contributed by atoms with Gasteiger partial charge in [0.25, 0.3) is 0 Å². The predicted molar refractivity (Wildman–Crippen MR) is 76.0 cm³/mol. The second kappa shape index (κ2) is 5.89. The number of nitrogens with one attached hydrogen (secondary N) is 2. The van der Waals surface area contributed by atoms with Gasteiger partial charge in [0.05, 0.1) is 12.2 Å². The molecule has 1 aromatic carbocycles. The Morgan fingerprint density at radius 2 is 2.25 bits per heavy atom. The lowest BCUT2D eigenvalue weighted by atomic mass is 9.94. The SMILES string of the molecule is O=C(CN1C[C@@H]2CCCN[C@@H]2C1)Nc1ccccc1F. The Morgan fingerprint density at radius 1 is 1.40 bits per heavy atom. The van der Waals surface area contributed by atoms with E-state index in [1.54, 1.807) is 18.2 Å². The van der Waals surface area contributed by atoms with Gasteiger partial charge in [0, 0.05) is 19.1 Å². The summed E-state index contributed by atoms with van der Waals surface area (Å²) < 4.78 is 13.5. The minimum atomic E-state index is -0.391. The van der Waals surface area contributed by atoms with Gasteiger partial charge in [-0.25, -0.2) is 4.39 Å². The summed E-state index contributed by atoms with van der Waals surface area (Å²) in [6, 6.07) is 6.78. The molecule has 20 heavy (non-hydrogen) atoms. The van der Waals surface area contributed by atoms with Crippen molar-refractivity contribution in [3.05, 3.63) is 30.1 Å². The largest absolute Gasteiger partial charge is 0.322 e. The van der Waals surface area contributed by atoms with E-state index in [2.05, 4.69) is 15.5 Å². The number of halogens is 1. The number of fused-ring (bicyclic) bond motifs is 1. The van der Waals surface area contributed by atoms with E-state index in [0.717, 1.165) is 19.6 Å². The maximum absolute atomic E-state index is 13.5. The second-order valence-electron chi connectivity index (χ2n) is 5.69. The van der Waals surface area contributed by atoms with E-state index >= 15 is 0 Å². The Kier molecular flexibility index (Phi) is 3.98. The van der Waals surface area contributed by atoms with Gasteiger partial charge >= 0.3 is 0 Å². The summed E-state index contributed by atoms with van der Waals surface area (Å²) >= 11 is 0. The van der Waals surface area contributed by atoms with Crippen LogP contribution < -0.4 is 10.6 Å². The molecule has 2 aliphatic heterocycles. The van der Waals surface area contributed by atoms with Gasteiger partial charge in [-0.05, 0) is 37.4 Å². The summed E-state index contributed by atoms with van der Waals surface area (Å²) in [5.41, 5.74) is 0.257. The molecular formula is C15H20FN3O. The third kappa shape index (κ3) is 2.99. The molecule has 2 fully saturated rings. The zero-order valence-electron chi connectivity index (χ0n) is 11.4. The predicted octanol–water partition coefficient (Wildman–Crippen LogP) is 1.45. The average Bonchev–Trinajstić information content (AvgIpc) is 2.83. The molecule has 2 heterocycles. The third-order valence-electron chi connectivity index (χ3n) is 4.19. The van der Waals surface area contributed by atoms with Crippen LogP contribution in [0.4, 0.5) is 10.1 Å². The Bertz CT molecular complexity index is 480. The van der Waals surface area contributed by atoms with Crippen molar-refractivity contribution in [2.75, 3.05) is 31.5 Å². The molecule has 0 unspecified atom stereocenters. The number of amides is 1. The van der Waals surface area contributed by atoms with Gasteiger partial charge in [-0.15, -0.1) is 0 Å². The van der Waals surface area contributed by atoms with Gasteiger partial charge in [0.2, 0.25) is 5.91 Å². The molecule has 108 valence electrons. The Morgan fingerprint density at radius 3 is 3.05 bits per heavy atom. The molecule has 5 heteroatoms. The van der Waals surface area contributed by atoms with Gasteiger partial charge < -0.3 is 10.6 Å². The molecule has 2 N–H and O–H groups in total. The van der Waals surface area contributed by atoms with Crippen LogP contribution in [0.25, 0.3) is 0 Å².